The molecule has 114 valence electrons. The third-order valence-electron chi connectivity index (χ3n) is 3.87. The molecule has 1 amide bonds. The third-order valence-corrected chi connectivity index (χ3v) is 4.81. The topological polar surface area (TPSA) is 57.8 Å². The van der Waals surface area contributed by atoms with Crippen LogP contribution in [-0.4, -0.2) is 15.9 Å². The number of aromatic amines is 1. The zero-order valence-corrected chi connectivity index (χ0v) is 13.6. The number of nitrogens with zero attached hydrogens (tertiary/aromatic N) is 1. The number of para-hydroxylation sites is 1. The Kier molecular flexibility index (Phi) is 3.16. The van der Waals surface area contributed by atoms with E-state index in [-0.39, 0.29) is 5.91 Å². The van der Waals surface area contributed by atoms with E-state index in [0.717, 1.165) is 37.5 Å². The van der Waals surface area contributed by atoms with Gasteiger partial charge in [0.05, 0.1) is 20.8 Å². The highest BCUT2D eigenvalue weighted by Crippen LogP contribution is 2.26. The second kappa shape index (κ2) is 5.21. The molecule has 2 aromatic carbocycles. The van der Waals surface area contributed by atoms with Gasteiger partial charge in [-0.15, -0.1) is 11.3 Å². The summed E-state index contributed by atoms with van der Waals surface area (Å²) in [5.41, 5.74) is 4.30. The summed E-state index contributed by atoms with van der Waals surface area (Å²) >= 11 is 1.63. The number of carbonyl (C=O) groups is 1. The van der Waals surface area contributed by atoms with Crippen molar-refractivity contribution in [3.8, 4) is 0 Å². The van der Waals surface area contributed by atoms with Crippen molar-refractivity contribution in [1.29, 1.82) is 0 Å². The normalized spacial score (nSPS) is 11.2. The number of aryl methyl sites for hydroxylation is 2. The Bertz CT molecular complexity index is 1040. The number of H-pyrrole nitrogens is 1. The van der Waals surface area contributed by atoms with E-state index in [1.165, 1.54) is 0 Å². The molecule has 23 heavy (non-hydrogen) atoms. The first-order chi connectivity index (χ1) is 11.1. The third kappa shape index (κ3) is 2.39. The van der Waals surface area contributed by atoms with Crippen LogP contribution in [0.25, 0.3) is 21.1 Å². The molecular formula is C18H15N3OS. The van der Waals surface area contributed by atoms with Crippen LogP contribution >= 0.6 is 11.3 Å². The summed E-state index contributed by atoms with van der Waals surface area (Å²) in [6.07, 6.45) is 0. The monoisotopic (exact) mass is 321 g/mol. The Labute approximate surface area is 137 Å². The predicted molar refractivity (Wildman–Crippen MR) is 95.3 cm³/mol. The van der Waals surface area contributed by atoms with Crippen molar-refractivity contribution < 1.29 is 4.79 Å². The van der Waals surface area contributed by atoms with Gasteiger partial charge in [0.1, 0.15) is 0 Å². The van der Waals surface area contributed by atoms with Crippen LogP contribution in [0.2, 0.25) is 0 Å². The van der Waals surface area contributed by atoms with Crippen molar-refractivity contribution in [2.45, 2.75) is 13.8 Å². The molecule has 4 nitrogen and oxygen atoms in total. The number of hydrogen-bond donors (Lipinski definition) is 2. The molecule has 2 aromatic heterocycles. The standard InChI is InChI=1S/C18H15N3OS/c1-10-17(13-5-3-4-6-14(13)19-10)18(22)21-12-7-8-15-16(9-12)23-11(2)20-15/h3-9,19H,1-2H3,(H,21,22). The maximum atomic E-state index is 12.7. The van der Waals surface area contributed by atoms with Crippen LogP contribution in [0.1, 0.15) is 21.1 Å². The average molecular weight is 321 g/mol. The summed E-state index contributed by atoms with van der Waals surface area (Å²) in [4.78, 5) is 20.4. The fraction of sp³-hybridized carbons (Fsp3) is 0.111. The van der Waals surface area contributed by atoms with Crippen LogP contribution in [0.3, 0.4) is 0 Å². The van der Waals surface area contributed by atoms with E-state index in [2.05, 4.69) is 15.3 Å². The van der Waals surface area contributed by atoms with Crippen molar-refractivity contribution in [2.24, 2.45) is 0 Å². The molecule has 0 aliphatic rings. The highest BCUT2D eigenvalue weighted by molar-refractivity contribution is 7.18. The molecule has 0 saturated heterocycles. The number of thiazole rings is 1. The first kappa shape index (κ1) is 14.0. The number of rotatable bonds is 2. The highest BCUT2D eigenvalue weighted by atomic mass is 32.1. The Morgan fingerprint density at radius 3 is 2.87 bits per heavy atom. The second-order valence-electron chi connectivity index (χ2n) is 5.54. The fourth-order valence-corrected chi connectivity index (χ4v) is 3.75. The highest BCUT2D eigenvalue weighted by Gasteiger charge is 2.16. The SMILES string of the molecule is Cc1nc2ccc(NC(=O)c3c(C)[nH]c4ccccc34)cc2s1. The largest absolute Gasteiger partial charge is 0.358 e. The van der Waals surface area contributed by atoms with Crippen LogP contribution in [0.15, 0.2) is 42.5 Å². The van der Waals surface area contributed by atoms with Crippen molar-refractivity contribution in [3.05, 3.63) is 58.7 Å². The summed E-state index contributed by atoms with van der Waals surface area (Å²) < 4.78 is 1.08. The number of anilines is 1. The van der Waals surface area contributed by atoms with Crippen LogP contribution in [0.5, 0.6) is 0 Å². The Hall–Kier alpha value is -2.66. The van der Waals surface area contributed by atoms with E-state index in [9.17, 15) is 4.79 Å². The number of hydrogen-bond acceptors (Lipinski definition) is 3. The molecule has 0 aliphatic carbocycles. The van der Waals surface area contributed by atoms with Crippen LogP contribution in [0, 0.1) is 13.8 Å². The summed E-state index contributed by atoms with van der Waals surface area (Å²) in [7, 11) is 0. The molecule has 5 heteroatoms. The molecule has 4 aromatic rings. The van der Waals surface area contributed by atoms with E-state index < -0.39 is 0 Å². The lowest BCUT2D eigenvalue weighted by atomic mass is 10.1. The van der Waals surface area contributed by atoms with Gasteiger partial charge in [-0.25, -0.2) is 4.98 Å². The van der Waals surface area contributed by atoms with Gasteiger partial charge in [-0.2, -0.15) is 0 Å². The lowest BCUT2D eigenvalue weighted by Gasteiger charge is -2.05. The summed E-state index contributed by atoms with van der Waals surface area (Å²) in [6.45, 7) is 3.91. The van der Waals surface area contributed by atoms with Gasteiger partial charge in [0.15, 0.2) is 0 Å². The number of amides is 1. The molecule has 0 aliphatic heterocycles. The number of fused-ring (bicyclic) bond motifs is 2. The molecule has 4 rings (SSSR count). The van der Waals surface area contributed by atoms with E-state index in [1.807, 2.05) is 56.3 Å². The van der Waals surface area contributed by atoms with Gasteiger partial charge in [0, 0.05) is 22.3 Å². The maximum absolute atomic E-state index is 12.7. The van der Waals surface area contributed by atoms with Gasteiger partial charge < -0.3 is 10.3 Å². The minimum Gasteiger partial charge on any atom is -0.358 e. The number of nitrogens with one attached hydrogen (secondary N) is 2. The first-order valence-electron chi connectivity index (χ1n) is 7.37. The van der Waals surface area contributed by atoms with Crippen molar-refractivity contribution in [3.63, 3.8) is 0 Å². The predicted octanol–water partition coefficient (Wildman–Crippen LogP) is 4.65. The van der Waals surface area contributed by atoms with Crippen molar-refractivity contribution in [1.82, 2.24) is 9.97 Å². The first-order valence-corrected chi connectivity index (χ1v) is 8.19. The van der Waals surface area contributed by atoms with Crippen LogP contribution in [0.4, 0.5) is 5.69 Å². The number of benzene rings is 2. The Balaban J connectivity index is 1.71. The summed E-state index contributed by atoms with van der Waals surface area (Å²) in [5.74, 6) is -0.0967. The molecule has 0 spiro atoms. The quantitative estimate of drug-likeness (QED) is 0.565. The lowest BCUT2D eigenvalue weighted by Crippen LogP contribution is -2.12. The molecule has 2 N–H and O–H groups in total. The van der Waals surface area contributed by atoms with Gasteiger partial charge in [-0.05, 0) is 38.1 Å². The fourth-order valence-electron chi connectivity index (χ4n) is 2.88. The van der Waals surface area contributed by atoms with E-state index in [0.29, 0.717) is 5.56 Å². The average Bonchev–Trinajstić information content (AvgIpc) is 3.04. The molecular weight excluding hydrogens is 306 g/mol. The smallest absolute Gasteiger partial charge is 0.258 e. The van der Waals surface area contributed by atoms with Crippen molar-refractivity contribution >= 4 is 44.1 Å². The second-order valence-corrected chi connectivity index (χ2v) is 6.77. The zero-order chi connectivity index (χ0) is 16.0. The molecule has 0 fully saturated rings. The molecule has 0 saturated carbocycles. The Morgan fingerprint density at radius 2 is 2.00 bits per heavy atom. The minimum absolute atomic E-state index is 0.0967. The van der Waals surface area contributed by atoms with Crippen LogP contribution in [-0.2, 0) is 0 Å². The molecule has 2 heterocycles. The minimum atomic E-state index is -0.0967. The zero-order valence-electron chi connectivity index (χ0n) is 12.8. The summed E-state index contributed by atoms with van der Waals surface area (Å²) in [5, 5.41) is 4.96. The summed E-state index contributed by atoms with van der Waals surface area (Å²) in [6, 6.07) is 13.6. The van der Waals surface area contributed by atoms with Gasteiger partial charge in [0.25, 0.3) is 5.91 Å². The van der Waals surface area contributed by atoms with Gasteiger partial charge in [-0.3, -0.25) is 4.79 Å². The number of aromatic nitrogens is 2. The van der Waals surface area contributed by atoms with E-state index in [4.69, 9.17) is 0 Å². The van der Waals surface area contributed by atoms with Crippen molar-refractivity contribution in [2.75, 3.05) is 5.32 Å². The molecule has 0 atom stereocenters. The van der Waals surface area contributed by atoms with E-state index in [1.54, 1.807) is 11.3 Å². The van der Waals surface area contributed by atoms with E-state index >= 15 is 0 Å². The molecule has 0 radical (unpaired) electrons. The molecule has 0 unspecified atom stereocenters. The number of carbonyl (C=O) groups excluding carboxylic acids is 1. The van der Waals surface area contributed by atoms with Gasteiger partial charge >= 0.3 is 0 Å². The van der Waals surface area contributed by atoms with Gasteiger partial charge in [0.2, 0.25) is 0 Å². The lowest BCUT2D eigenvalue weighted by molar-refractivity contribution is 0.102. The van der Waals surface area contributed by atoms with Crippen LogP contribution < -0.4 is 5.32 Å². The maximum Gasteiger partial charge on any atom is 0.258 e. The van der Waals surface area contributed by atoms with Gasteiger partial charge in [-0.1, -0.05) is 18.2 Å². The molecule has 0 bridgehead atoms. The Morgan fingerprint density at radius 1 is 1.17 bits per heavy atom.